The maximum absolute atomic E-state index is 5.43. The summed E-state index contributed by atoms with van der Waals surface area (Å²) in [6.45, 7) is 0.575. The van der Waals surface area contributed by atoms with E-state index in [0.717, 1.165) is 21.5 Å². The highest BCUT2D eigenvalue weighted by Gasteiger charge is 2.19. The number of benzene rings is 1. The number of rotatable bonds is 6. The monoisotopic (exact) mass is 303 g/mol. The van der Waals surface area contributed by atoms with E-state index in [-0.39, 0.29) is 6.04 Å². The summed E-state index contributed by atoms with van der Waals surface area (Å²) in [4.78, 5) is 0. The van der Waals surface area contributed by atoms with Crippen molar-refractivity contribution in [2.45, 2.75) is 6.04 Å². The van der Waals surface area contributed by atoms with Gasteiger partial charge in [0.2, 0.25) is 0 Å². The molecule has 1 aromatic rings. The van der Waals surface area contributed by atoms with Gasteiger partial charge in [-0.3, -0.25) is 0 Å². The Bertz CT molecular complexity index is 371. The molecule has 0 aliphatic heterocycles. The number of nitrogens with one attached hydrogen (secondary N) is 1. The van der Waals surface area contributed by atoms with Crippen LogP contribution in [-0.4, -0.2) is 35.0 Å². The molecule has 0 heterocycles. The van der Waals surface area contributed by atoms with Gasteiger partial charge in [0.15, 0.2) is 0 Å². The molecule has 0 amide bonds. The lowest BCUT2D eigenvalue weighted by Gasteiger charge is -2.20. The summed E-state index contributed by atoms with van der Waals surface area (Å²) in [7, 11) is 6.84. The van der Waals surface area contributed by atoms with Gasteiger partial charge in [0.25, 0.3) is 0 Å². The van der Waals surface area contributed by atoms with E-state index >= 15 is 0 Å². The van der Waals surface area contributed by atoms with Gasteiger partial charge >= 0.3 is 0 Å². The minimum atomic E-state index is 0.0807. The Balaban J connectivity index is 3.18. The second-order valence-electron chi connectivity index (χ2n) is 3.50. The smallest absolute Gasteiger partial charge is 0.141 e. The first-order chi connectivity index (χ1) is 8.19. The lowest BCUT2D eigenvalue weighted by molar-refractivity contribution is 0.169. The SMILES string of the molecule is CNC(COC)c1ccc(OC)c(Br)c1OC. The molecule has 5 heteroatoms. The standard InChI is InChI=1S/C12H18BrNO3/c1-14-9(7-15-2)8-5-6-10(16-3)11(13)12(8)17-4/h5-6,9,14H,7H2,1-4H3. The molecular formula is C12H18BrNO3. The van der Waals surface area contributed by atoms with Crippen molar-refractivity contribution in [1.29, 1.82) is 0 Å². The van der Waals surface area contributed by atoms with Gasteiger partial charge in [0.1, 0.15) is 16.0 Å². The molecule has 4 nitrogen and oxygen atoms in total. The van der Waals surface area contributed by atoms with E-state index < -0.39 is 0 Å². The third kappa shape index (κ3) is 3.12. The highest BCUT2D eigenvalue weighted by molar-refractivity contribution is 9.10. The zero-order valence-corrected chi connectivity index (χ0v) is 12.1. The number of methoxy groups -OCH3 is 3. The summed E-state index contributed by atoms with van der Waals surface area (Å²) in [5.74, 6) is 1.51. The number of hydrogen-bond acceptors (Lipinski definition) is 4. The first kappa shape index (κ1) is 14.3. The number of ether oxygens (including phenoxy) is 3. The van der Waals surface area contributed by atoms with Crippen LogP contribution in [0.5, 0.6) is 11.5 Å². The molecule has 1 aromatic carbocycles. The Kier molecular flexibility index (Phi) is 5.74. The van der Waals surface area contributed by atoms with Crippen molar-refractivity contribution in [3.63, 3.8) is 0 Å². The van der Waals surface area contributed by atoms with Crippen LogP contribution in [0, 0.1) is 0 Å². The molecule has 96 valence electrons. The van der Waals surface area contributed by atoms with Crippen LogP contribution >= 0.6 is 15.9 Å². The molecule has 0 fully saturated rings. The second kappa shape index (κ2) is 6.83. The van der Waals surface area contributed by atoms with E-state index in [9.17, 15) is 0 Å². The Hall–Kier alpha value is -0.780. The minimum absolute atomic E-state index is 0.0807. The van der Waals surface area contributed by atoms with Crippen LogP contribution in [-0.2, 0) is 4.74 Å². The van der Waals surface area contributed by atoms with E-state index in [2.05, 4.69) is 21.2 Å². The van der Waals surface area contributed by atoms with E-state index in [0.29, 0.717) is 6.61 Å². The van der Waals surface area contributed by atoms with Crippen molar-refractivity contribution in [2.24, 2.45) is 0 Å². The van der Waals surface area contributed by atoms with Crippen molar-refractivity contribution < 1.29 is 14.2 Å². The zero-order chi connectivity index (χ0) is 12.8. The Morgan fingerprint density at radius 2 is 1.94 bits per heavy atom. The molecule has 0 spiro atoms. The predicted octanol–water partition coefficient (Wildman–Crippen LogP) is 2.37. The van der Waals surface area contributed by atoms with Crippen molar-refractivity contribution >= 4 is 15.9 Å². The zero-order valence-electron chi connectivity index (χ0n) is 10.5. The molecule has 1 N–H and O–H groups in total. The Labute approximate surface area is 110 Å². The van der Waals surface area contributed by atoms with Crippen LogP contribution < -0.4 is 14.8 Å². The molecule has 0 radical (unpaired) electrons. The Morgan fingerprint density at radius 1 is 1.24 bits per heavy atom. The fourth-order valence-electron chi connectivity index (χ4n) is 1.69. The third-order valence-electron chi connectivity index (χ3n) is 2.57. The maximum atomic E-state index is 5.43. The van der Waals surface area contributed by atoms with E-state index in [1.165, 1.54) is 0 Å². The van der Waals surface area contributed by atoms with Gasteiger partial charge < -0.3 is 19.5 Å². The van der Waals surface area contributed by atoms with Crippen LogP contribution in [0.25, 0.3) is 0 Å². The fourth-order valence-corrected chi connectivity index (χ4v) is 2.37. The van der Waals surface area contributed by atoms with Crippen LogP contribution in [0.2, 0.25) is 0 Å². The average Bonchev–Trinajstić information content (AvgIpc) is 2.35. The van der Waals surface area contributed by atoms with Gasteiger partial charge in [0.05, 0.1) is 26.9 Å². The fraction of sp³-hybridized carbons (Fsp3) is 0.500. The van der Waals surface area contributed by atoms with Crippen LogP contribution in [0.15, 0.2) is 16.6 Å². The van der Waals surface area contributed by atoms with Gasteiger partial charge in [-0.25, -0.2) is 0 Å². The molecule has 0 aromatic heterocycles. The highest BCUT2D eigenvalue weighted by atomic mass is 79.9. The summed E-state index contributed by atoms with van der Waals surface area (Å²) in [5.41, 5.74) is 1.03. The average molecular weight is 304 g/mol. The normalized spacial score (nSPS) is 12.3. The summed E-state index contributed by atoms with van der Waals surface area (Å²) < 4.78 is 16.7. The third-order valence-corrected chi connectivity index (χ3v) is 3.32. The molecule has 0 saturated carbocycles. The van der Waals surface area contributed by atoms with Crippen molar-refractivity contribution in [3.05, 3.63) is 22.2 Å². The van der Waals surface area contributed by atoms with Gasteiger partial charge in [-0.05, 0) is 35.1 Å². The van der Waals surface area contributed by atoms with E-state index in [1.54, 1.807) is 21.3 Å². The molecule has 17 heavy (non-hydrogen) atoms. The molecule has 0 aliphatic carbocycles. The first-order valence-corrected chi connectivity index (χ1v) is 6.05. The van der Waals surface area contributed by atoms with E-state index in [4.69, 9.17) is 14.2 Å². The van der Waals surface area contributed by atoms with Crippen molar-refractivity contribution in [1.82, 2.24) is 5.32 Å². The van der Waals surface area contributed by atoms with Crippen molar-refractivity contribution in [3.8, 4) is 11.5 Å². The van der Waals surface area contributed by atoms with Crippen LogP contribution in [0.3, 0.4) is 0 Å². The molecule has 0 saturated heterocycles. The van der Waals surface area contributed by atoms with Gasteiger partial charge in [-0.15, -0.1) is 0 Å². The second-order valence-corrected chi connectivity index (χ2v) is 4.29. The number of likely N-dealkylation sites (N-methyl/N-ethyl adjacent to an activating group) is 1. The lowest BCUT2D eigenvalue weighted by atomic mass is 10.1. The minimum Gasteiger partial charge on any atom is -0.495 e. The highest BCUT2D eigenvalue weighted by Crippen LogP contribution is 2.39. The van der Waals surface area contributed by atoms with Gasteiger partial charge in [-0.1, -0.05) is 0 Å². The number of hydrogen-bond donors (Lipinski definition) is 1. The molecule has 1 unspecified atom stereocenters. The predicted molar refractivity (Wildman–Crippen MR) is 70.9 cm³/mol. The first-order valence-electron chi connectivity index (χ1n) is 5.26. The molecule has 1 rings (SSSR count). The van der Waals surface area contributed by atoms with Crippen LogP contribution in [0.1, 0.15) is 11.6 Å². The lowest BCUT2D eigenvalue weighted by Crippen LogP contribution is -2.21. The topological polar surface area (TPSA) is 39.7 Å². The van der Waals surface area contributed by atoms with Gasteiger partial charge in [-0.2, -0.15) is 0 Å². The number of halogens is 1. The molecule has 0 aliphatic rings. The molecule has 0 bridgehead atoms. The quantitative estimate of drug-likeness (QED) is 0.876. The van der Waals surface area contributed by atoms with Crippen LogP contribution in [0.4, 0.5) is 0 Å². The summed E-state index contributed by atoms with van der Waals surface area (Å²) in [6, 6.07) is 3.96. The maximum Gasteiger partial charge on any atom is 0.141 e. The molecule has 1 atom stereocenters. The summed E-state index contributed by atoms with van der Waals surface area (Å²) >= 11 is 3.48. The van der Waals surface area contributed by atoms with E-state index in [1.807, 2.05) is 19.2 Å². The van der Waals surface area contributed by atoms with Gasteiger partial charge in [0, 0.05) is 12.7 Å². The Morgan fingerprint density at radius 3 is 2.41 bits per heavy atom. The summed E-state index contributed by atoms with van der Waals surface area (Å²) in [6.07, 6.45) is 0. The van der Waals surface area contributed by atoms with Crippen molar-refractivity contribution in [2.75, 3.05) is 35.0 Å². The summed E-state index contributed by atoms with van der Waals surface area (Å²) in [5, 5.41) is 3.19. The molecular weight excluding hydrogens is 286 g/mol. The largest absolute Gasteiger partial charge is 0.495 e.